The summed E-state index contributed by atoms with van der Waals surface area (Å²) in [6.45, 7) is 5.40. The number of hydrogen-bond acceptors (Lipinski definition) is 6. The minimum absolute atomic E-state index is 0.0220. The van der Waals surface area contributed by atoms with Crippen molar-refractivity contribution in [3.8, 4) is 0 Å². The molecule has 1 aliphatic rings. The number of hydrogen-bond donors (Lipinski definition) is 1. The molecule has 0 spiro atoms. The van der Waals surface area contributed by atoms with Gasteiger partial charge in [-0.05, 0) is 30.5 Å². The van der Waals surface area contributed by atoms with Gasteiger partial charge in [-0.3, -0.25) is 14.9 Å². The number of ketones is 1. The van der Waals surface area contributed by atoms with E-state index in [9.17, 15) is 18.0 Å². The molecule has 0 fully saturated rings. The average molecular weight is 401 g/mol. The van der Waals surface area contributed by atoms with Crippen molar-refractivity contribution in [2.45, 2.75) is 44.9 Å². The topological polar surface area (TPSA) is 106 Å². The van der Waals surface area contributed by atoms with Gasteiger partial charge in [0.2, 0.25) is 11.9 Å². The van der Waals surface area contributed by atoms with E-state index < -0.39 is 15.3 Å². The summed E-state index contributed by atoms with van der Waals surface area (Å²) in [5, 5.41) is 2.64. The lowest BCUT2D eigenvalue weighted by atomic mass is 9.75. The molecule has 1 aromatic carbocycles. The van der Waals surface area contributed by atoms with Crippen LogP contribution in [0.15, 0.2) is 35.4 Å². The molecule has 0 aliphatic heterocycles. The Morgan fingerprint density at radius 1 is 1.21 bits per heavy atom. The first-order valence-electron chi connectivity index (χ1n) is 9.14. The number of aromatic nitrogens is 2. The van der Waals surface area contributed by atoms with E-state index in [1.54, 1.807) is 19.1 Å². The van der Waals surface area contributed by atoms with Gasteiger partial charge in [0, 0.05) is 11.6 Å². The molecule has 1 aliphatic carbocycles. The van der Waals surface area contributed by atoms with Crippen molar-refractivity contribution in [3.63, 3.8) is 0 Å². The Balaban J connectivity index is 1.68. The summed E-state index contributed by atoms with van der Waals surface area (Å²) in [4.78, 5) is 33.4. The molecule has 8 heteroatoms. The molecule has 0 saturated heterocycles. The van der Waals surface area contributed by atoms with E-state index in [0.717, 1.165) is 0 Å². The third-order valence-electron chi connectivity index (χ3n) is 4.99. The van der Waals surface area contributed by atoms with Gasteiger partial charge in [-0.1, -0.05) is 32.9 Å². The van der Waals surface area contributed by atoms with Crippen molar-refractivity contribution in [3.05, 3.63) is 47.3 Å². The van der Waals surface area contributed by atoms with Crippen LogP contribution in [0, 0.1) is 5.41 Å². The van der Waals surface area contributed by atoms with Crippen LogP contribution in [0.5, 0.6) is 0 Å². The molecular formula is C20H23N3O4S. The molecule has 0 atom stereocenters. The Labute approximate surface area is 164 Å². The van der Waals surface area contributed by atoms with Crippen LogP contribution in [0.1, 0.15) is 48.8 Å². The summed E-state index contributed by atoms with van der Waals surface area (Å²) >= 11 is 0. The lowest BCUT2D eigenvalue weighted by Gasteiger charge is -2.28. The summed E-state index contributed by atoms with van der Waals surface area (Å²) in [5.41, 5.74) is 1.44. The van der Waals surface area contributed by atoms with Crippen LogP contribution in [0.2, 0.25) is 0 Å². The van der Waals surface area contributed by atoms with Crippen LogP contribution >= 0.6 is 0 Å². The highest BCUT2D eigenvalue weighted by Gasteiger charge is 2.35. The maximum Gasteiger partial charge on any atom is 0.231 e. The van der Waals surface area contributed by atoms with Crippen molar-refractivity contribution in [1.29, 1.82) is 0 Å². The monoisotopic (exact) mass is 401 g/mol. The van der Waals surface area contributed by atoms with Gasteiger partial charge in [0.1, 0.15) is 0 Å². The van der Waals surface area contributed by atoms with Gasteiger partial charge in [0.25, 0.3) is 0 Å². The zero-order valence-corrected chi connectivity index (χ0v) is 17.0. The Kier molecular flexibility index (Phi) is 5.34. The standard InChI is InChI=1S/C20H23N3O4S/c1-4-28(26,27)14-7-5-13(6-8-14)11-17(24)23-19-21-12-15-16(22-19)9-10-20(2,3)18(15)25/h5-8,12H,4,9-11H2,1-3H3,(H,21,22,23,24). The van der Waals surface area contributed by atoms with E-state index in [1.807, 2.05) is 13.8 Å². The van der Waals surface area contributed by atoms with Crippen LogP contribution in [-0.4, -0.2) is 35.8 Å². The Morgan fingerprint density at radius 3 is 2.54 bits per heavy atom. The number of benzene rings is 1. The normalized spacial score (nSPS) is 15.8. The van der Waals surface area contributed by atoms with Crippen molar-refractivity contribution in [2.75, 3.05) is 11.1 Å². The maximum atomic E-state index is 12.4. The third kappa shape index (κ3) is 4.11. The number of carbonyl (C=O) groups excluding carboxylic acids is 2. The van der Waals surface area contributed by atoms with E-state index in [-0.39, 0.29) is 34.7 Å². The van der Waals surface area contributed by atoms with Gasteiger partial charge in [0.15, 0.2) is 15.6 Å². The molecule has 28 heavy (non-hydrogen) atoms. The number of amides is 1. The zero-order valence-electron chi connectivity index (χ0n) is 16.2. The molecular weight excluding hydrogens is 378 g/mol. The molecule has 1 amide bonds. The molecule has 0 radical (unpaired) electrons. The molecule has 1 heterocycles. The fraction of sp³-hybridized carbons (Fsp3) is 0.400. The van der Waals surface area contributed by atoms with Crippen molar-refractivity contribution in [1.82, 2.24) is 9.97 Å². The number of nitrogens with zero attached hydrogens (tertiary/aromatic N) is 2. The Bertz CT molecular complexity index is 1030. The van der Waals surface area contributed by atoms with Crippen molar-refractivity contribution >= 4 is 27.5 Å². The third-order valence-corrected chi connectivity index (χ3v) is 6.74. The largest absolute Gasteiger partial charge is 0.294 e. The van der Waals surface area contributed by atoms with E-state index in [2.05, 4.69) is 15.3 Å². The van der Waals surface area contributed by atoms with Crippen molar-refractivity contribution < 1.29 is 18.0 Å². The van der Waals surface area contributed by atoms with Crippen molar-refractivity contribution in [2.24, 2.45) is 5.41 Å². The highest BCUT2D eigenvalue weighted by Crippen LogP contribution is 2.33. The van der Waals surface area contributed by atoms with Gasteiger partial charge in [-0.15, -0.1) is 0 Å². The molecule has 0 unspecified atom stereocenters. The van der Waals surface area contributed by atoms with E-state index in [4.69, 9.17) is 0 Å². The number of nitrogens with one attached hydrogen (secondary N) is 1. The van der Waals surface area contributed by atoms with Crippen LogP contribution in [0.25, 0.3) is 0 Å². The summed E-state index contributed by atoms with van der Waals surface area (Å²) in [6.07, 6.45) is 2.91. The number of rotatable bonds is 5. The van der Waals surface area contributed by atoms with Gasteiger partial charge in [-0.2, -0.15) is 0 Å². The minimum atomic E-state index is -3.26. The number of anilines is 1. The molecule has 2 aromatic rings. The van der Waals surface area contributed by atoms with E-state index >= 15 is 0 Å². The van der Waals surface area contributed by atoms with Crippen LogP contribution in [-0.2, 0) is 27.5 Å². The zero-order chi connectivity index (χ0) is 20.5. The second-order valence-electron chi connectivity index (χ2n) is 7.54. The number of Topliss-reactive ketones (excluding diaryl/α,β-unsaturated/α-hetero) is 1. The number of sulfone groups is 1. The molecule has 7 nitrogen and oxygen atoms in total. The maximum absolute atomic E-state index is 12.4. The molecule has 148 valence electrons. The smallest absolute Gasteiger partial charge is 0.231 e. The SMILES string of the molecule is CCS(=O)(=O)c1ccc(CC(=O)Nc2ncc3c(n2)CCC(C)(C)C3=O)cc1. The lowest BCUT2D eigenvalue weighted by Crippen LogP contribution is -2.31. The highest BCUT2D eigenvalue weighted by atomic mass is 32.2. The van der Waals surface area contributed by atoms with E-state index in [0.29, 0.717) is 29.7 Å². The highest BCUT2D eigenvalue weighted by molar-refractivity contribution is 7.91. The summed E-state index contributed by atoms with van der Waals surface area (Å²) in [7, 11) is -3.26. The second kappa shape index (κ2) is 7.43. The number of fused-ring (bicyclic) bond motifs is 1. The number of aryl methyl sites for hydroxylation is 1. The first-order valence-corrected chi connectivity index (χ1v) is 10.8. The summed E-state index contributed by atoms with van der Waals surface area (Å²) < 4.78 is 23.7. The summed E-state index contributed by atoms with van der Waals surface area (Å²) in [6, 6.07) is 6.25. The molecule has 0 saturated carbocycles. The first-order chi connectivity index (χ1) is 13.1. The average Bonchev–Trinajstić information content (AvgIpc) is 2.65. The molecule has 1 aromatic heterocycles. The number of carbonyl (C=O) groups is 2. The fourth-order valence-corrected chi connectivity index (χ4v) is 3.99. The van der Waals surface area contributed by atoms with Crippen LogP contribution in [0.3, 0.4) is 0 Å². The first kappa shape index (κ1) is 20.1. The van der Waals surface area contributed by atoms with Gasteiger partial charge in [0.05, 0.1) is 28.3 Å². The fourth-order valence-electron chi connectivity index (χ4n) is 3.10. The molecule has 3 rings (SSSR count). The van der Waals surface area contributed by atoms with Crippen LogP contribution < -0.4 is 5.32 Å². The van der Waals surface area contributed by atoms with Gasteiger partial charge < -0.3 is 0 Å². The minimum Gasteiger partial charge on any atom is -0.294 e. The van der Waals surface area contributed by atoms with Crippen LogP contribution in [0.4, 0.5) is 5.95 Å². The predicted molar refractivity (Wildman–Crippen MR) is 105 cm³/mol. The molecule has 0 bridgehead atoms. The summed E-state index contributed by atoms with van der Waals surface area (Å²) in [5.74, 6) is -0.0916. The van der Waals surface area contributed by atoms with Gasteiger partial charge in [-0.25, -0.2) is 18.4 Å². The van der Waals surface area contributed by atoms with E-state index in [1.165, 1.54) is 18.3 Å². The quantitative estimate of drug-likeness (QED) is 0.825. The molecule has 1 N–H and O–H groups in total. The Hall–Kier alpha value is -2.61. The lowest BCUT2D eigenvalue weighted by molar-refractivity contribution is -0.115. The second-order valence-corrected chi connectivity index (χ2v) is 9.82. The van der Waals surface area contributed by atoms with Gasteiger partial charge >= 0.3 is 0 Å². The predicted octanol–water partition coefficient (Wildman–Crippen LogP) is 2.61. The Morgan fingerprint density at radius 2 is 1.89 bits per heavy atom.